The van der Waals surface area contributed by atoms with E-state index in [1.807, 2.05) is 24.3 Å². The summed E-state index contributed by atoms with van der Waals surface area (Å²) < 4.78 is 0. The highest BCUT2D eigenvalue weighted by Gasteiger charge is 2.24. The van der Waals surface area contributed by atoms with Crippen molar-refractivity contribution in [1.82, 2.24) is 10.2 Å². The molecule has 1 aromatic rings. The Morgan fingerprint density at radius 1 is 1.11 bits per heavy atom. The number of piperidine rings is 2. The molecular weight excluding hydrogens is 387 g/mol. The smallest absolute Gasteiger partial charge is 0.241 e. The molecule has 2 amide bonds. The highest BCUT2D eigenvalue weighted by Crippen LogP contribution is 2.19. The van der Waals surface area contributed by atoms with Gasteiger partial charge in [0, 0.05) is 18.8 Å². The van der Waals surface area contributed by atoms with Gasteiger partial charge in [-0.2, -0.15) is 0 Å². The van der Waals surface area contributed by atoms with E-state index in [-0.39, 0.29) is 48.6 Å². The van der Waals surface area contributed by atoms with Crippen LogP contribution in [0.25, 0.3) is 0 Å². The van der Waals surface area contributed by atoms with Gasteiger partial charge in [0.2, 0.25) is 11.8 Å². The third-order valence-electron chi connectivity index (χ3n) is 5.16. The van der Waals surface area contributed by atoms with Gasteiger partial charge in [0.05, 0.1) is 12.0 Å². The van der Waals surface area contributed by atoms with Crippen LogP contribution >= 0.6 is 24.8 Å². The van der Waals surface area contributed by atoms with Crippen molar-refractivity contribution in [3.05, 3.63) is 29.8 Å². The van der Waals surface area contributed by atoms with E-state index in [2.05, 4.69) is 15.5 Å². The Hall–Kier alpha value is -1.34. The minimum atomic E-state index is -0.195. The average Bonchev–Trinajstić information content (AvgIpc) is 2.64. The van der Waals surface area contributed by atoms with Gasteiger partial charge in [-0.15, -0.1) is 24.8 Å². The van der Waals surface area contributed by atoms with Crippen LogP contribution in [0.2, 0.25) is 0 Å². The maximum Gasteiger partial charge on any atom is 0.241 e. The highest BCUT2D eigenvalue weighted by molar-refractivity contribution is 5.94. The van der Waals surface area contributed by atoms with Crippen LogP contribution in [0, 0.1) is 5.92 Å². The van der Waals surface area contributed by atoms with E-state index in [1.165, 1.54) is 5.56 Å². The summed E-state index contributed by atoms with van der Waals surface area (Å²) in [5, 5.41) is 6.25. The van der Waals surface area contributed by atoms with Gasteiger partial charge in [-0.25, -0.2) is 0 Å². The predicted octanol–water partition coefficient (Wildman–Crippen LogP) is 2.31. The lowest BCUT2D eigenvalue weighted by Crippen LogP contribution is -2.43. The number of carbonyl (C=O) groups is 2. The fourth-order valence-electron chi connectivity index (χ4n) is 3.69. The minimum absolute atomic E-state index is 0. The third kappa shape index (κ3) is 6.96. The van der Waals surface area contributed by atoms with Crippen molar-refractivity contribution >= 4 is 42.3 Å². The van der Waals surface area contributed by atoms with E-state index in [4.69, 9.17) is 5.73 Å². The summed E-state index contributed by atoms with van der Waals surface area (Å²) in [5.74, 6) is -0.179. The lowest BCUT2D eigenvalue weighted by Gasteiger charge is -2.31. The largest absolute Gasteiger partial charge is 0.369 e. The summed E-state index contributed by atoms with van der Waals surface area (Å²) in [4.78, 5) is 25.9. The molecule has 3 rings (SSSR count). The number of halogens is 2. The second-order valence-corrected chi connectivity index (χ2v) is 7.17. The third-order valence-corrected chi connectivity index (χ3v) is 5.16. The lowest BCUT2D eigenvalue weighted by molar-refractivity contribution is -0.123. The number of hydrogen-bond donors (Lipinski definition) is 3. The van der Waals surface area contributed by atoms with Crippen LogP contribution in [0.3, 0.4) is 0 Å². The number of carbonyl (C=O) groups excluding carboxylic acids is 2. The minimum Gasteiger partial charge on any atom is -0.369 e. The van der Waals surface area contributed by atoms with Gasteiger partial charge in [-0.3, -0.25) is 14.5 Å². The second-order valence-electron chi connectivity index (χ2n) is 7.17. The maximum absolute atomic E-state index is 12.2. The molecule has 2 atom stereocenters. The number of hydrogen-bond acceptors (Lipinski definition) is 4. The quantitative estimate of drug-likeness (QED) is 0.686. The monoisotopic (exact) mass is 416 g/mol. The highest BCUT2D eigenvalue weighted by atomic mass is 35.5. The number of rotatable bonds is 5. The Balaban J connectivity index is 0.00000182. The van der Waals surface area contributed by atoms with Crippen molar-refractivity contribution < 1.29 is 9.59 Å². The normalized spacial score (nSPS) is 22.8. The number of amides is 2. The van der Waals surface area contributed by atoms with Crippen molar-refractivity contribution in [3.63, 3.8) is 0 Å². The van der Waals surface area contributed by atoms with Crippen molar-refractivity contribution in [2.75, 3.05) is 25.0 Å². The summed E-state index contributed by atoms with van der Waals surface area (Å²) in [5.41, 5.74) is 7.45. The molecule has 6 nitrogen and oxygen atoms in total. The molecule has 152 valence electrons. The molecule has 0 aromatic heterocycles. The first-order valence-electron chi connectivity index (χ1n) is 9.26. The van der Waals surface area contributed by atoms with Crippen LogP contribution in [0.4, 0.5) is 5.69 Å². The molecule has 1 unspecified atom stereocenters. The summed E-state index contributed by atoms with van der Waals surface area (Å²) in [7, 11) is 0. The Morgan fingerprint density at radius 3 is 2.48 bits per heavy atom. The topological polar surface area (TPSA) is 87.5 Å². The molecule has 8 heteroatoms. The molecule has 2 fully saturated rings. The molecule has 2 aliphatic heterocycles. The van der Waals surface area contributed by atoms with Crippen molar-refractivity contribution in [2.45, 2.75) is 44.7 Å². The van der Waals surface area contributed by atoms with Gasteiger partial charge in [-0.1, -0.05) is 18.6 Å². The molecule has 0 bridgehead atoms. The van der Waals surface area contributed by atoms with Crippen molar-refractivity contribution in [3.8, 4) is 0 Å². The Kier molecular flexibility index (Phi) is 10.1. The molecule has 4 N–H and O–H groups in total. The molecule has 0 aliphatic carbocycles. The molecule has 0 spiro atoms. The van der Waals surface area contributed by atoms with E-state index in [0.717, 1.165) is 64.0 Å². The first-order chi connectivity index (χ1) is 12.1. The first-order valence-corrected chi connectivity index (χ1v) is 9.26. The fourth-order valence-corrected chi connectivity index (χ4v) is 3.69. The number of benzene rings is 1. The van der Waals surface area contributed by atoms with Crippen LogP contribution in [0.1, 0.15) is 37.7 Å². The molecule has 27 heavy (non-hydrogen) atoms. The van der Waals surface area contributed by atoms with Crippen LogP contribution < -0.4 is 16.4 Å². The summed E-state index contributed by atoms with van der Waals surface area (Å²) in [6, 6.07) is 7.90. The van der Waals surface area contributed by atoms with Gasteiger partial charge < -0.3 is 16.4 Å². The molecule has 0 radical (unpaired) electrons. The van der Waals surface area contributed by atoms with Crippen LogP contribution in [0.15, 0.2) is 24.3 Å². The number of nitrogens with two attached hydrogens (primary N) is 1. The number of likely N-dealkylation sites (tertiary alicyclic amines) is 1. The van der Waals surface area contributed by atoms with Gasteiger partial charge in [0.15, 0.2) is 0 Å². The zero-order chi connectivity index (χ0) is 17.6. The summed E-state index contributed by atoms with van der Waals surface area (Å²) in [6.07, 6.45) is 5.06. The summed E-state index contributed by atoms with van der Waals surface area (Å²) in [6.45, 7) is 3.46. The molecule has 2 aliphatic rings. The Labute approximate surface area is 173 Å². The van der Waals surface area contributed by atoms with E-state index in [9.17, 15) is 9.59 Å². The molecule has 1 aromatic carbocycles. The molecule has 0 saturated carbocycles. The molecule has 2 heterocycles. The summed E-state index contributed by atoms with van der Waals surface area (Å²) >= 11 is 0. The standard InChI is InChI=1S/C19H28N4O2.2ClH/c20-18(24)15-4-3-11-23(13-15)12-14-6-8-16(9-7-14)22-19(25)17-5-1-2-10-21-17;;/h6-9,15,17,21H,1-5,10-13H2,(H2,20,24)(H,22,25);2*1H/t15?,17-;;/m1../s1. The maximum atomic E-state index is 12.2. The number of nitrogens with one attached hydrogen (secondary N) is 2. The second kappa shape index (κ2) is 11.5. The fraction of sp³-hybridized carbons (Fsp3) is 0.579. The van der Waals surface area contributed by atoms with Crippen molar-refractivity contribution in [1.29, 1.82) is 0 Å². The Morgan fingerprint density at radius 2 is 1.85 bits per heavy atom. The SMILES string of the molecule is Cl.Cl.NC(=O)C1CCCN(Cc2ccc(NC(=O)[C@H]3CCCCN3)cc2)C1. The van der Waals surface area contributed by atoms with Crippen LogP contribution in [0.5, 0.6) is 0 Å². The van der Waals surface area contributed by atoms with E-state index < -0.39 is 0 Å². The van der Waals surface area contributed by atoms with Gasteiger partial charge in [0.1, 0.15) is 0 Å². The van der Waals surface area contributed by atoms with Crippen LogP contribution in [-0.2, 0) is 16.1 Å². The van der Waals surface area contributed by atoms with E-state index in [1.54, 1.807) is 0 Å². The zero-order valence-electron chi connectivity index (χ0n) is 15.5. The number of primary amides is 1. The van der Waals surface area contributed by atoms with E-state index >= 15 is 0 Å². The van der Waals surface area contributed by atoms with Gasteiger partial charge in [-0.05, 0) is 56.5 Å². The first kappa shape index (κ1) is 23.7. The van der Waals surface area contributed by atoms with Crippen molar-refractivity contribution in [2.24, 2.45) is 11.7 Å². The molecule has 2 saturated heterocycles. The zero-order valence-corrected chi connectivity index (χ0v) is 17.1. The van der Waals surface area contributed by atoms with E-state index in [0.29, 0.717) is 0 Å². The average molecular weight is 417 g/mol. The Bertz CT molecular complexity index is 606. The number of nitrogens with zero attached hydrogens (tertiary/aromatic N) is 1. The molecular formula is C19H30Cl2N4O2. The lowest BCUT2D eigenvalue weighted by atomic mass is 9.97. The van der Waals surface area contributed by atoms with Crippen LogP contribution in [-0.4, -0.2) is 42.4 Å². The van der Waals surface area contributed by atoms with Gasteiger partial charge >= 0.3 is 0 Å². The van der Waals surface area contributed by atoms with Gasteiger partial charge in [0.25, 0.3) is 0 Å². The predicted molar refractivity (Wildman–Crippen MR) is 112 cm³/mol. The number of anilines is 1.